The monoisotopic (exact) mass is 525 g/mol. The highest BCUT2D eigenvalue weighted by Crippen LogP contribution is 2.49. The number of rotatable bonds is 7. The van der Waals surface area contributed by atoms with Gasteiger partial charge in [-0.3, -0.25) is 9.69 Å². The van der Waals surface area contributed by atoms with Crippen LogP contribution in [-0.2, 0) is 10.0 Å². The van der Waals surface area contributed by atoms with Crippen molar-refractivity contribution in [2.45, 2.75) is 31.8 Å². The number of nitrogens with zero attached hydrogens (tertiary/aromatic N) is 3. The Labute approximate surface area is 224 Å². The Hall–Kier alpha value is -4.10. The van der Waals surface area contributed by atoms with Gasteiger partial charge in [0.15, 0.2) is 6.17 Å². The molecule has 4 aromatic carbocycles. The lowest BCUT2D eigenvalue weighted by Crippen LogP contribution is -2.42. The standard InChI is InChI=1S/C31H31N3O3S/c1-4-32(5-2)26-19-17-24(18-20-26)30-33(31(35)25-11-7-6-8-12-25)28-13-9-10-14-29(28)34(30)38(36,37)27-21-15-23(3)16-22-27/h6-22,30H,4-5H2,1-3H3. The number of amides is 1. The Balaban J connectivity index is 1.71. The second kappa shape index (κ2) is 10.3. The molecule has 0 aromatic heterocycles. The van der Waals surface area contributed by atoms with Crippen molar-refractivity contribution in [2.75, 3.05) is 27.2 Å². The van der Waals surface area contributed by atoms with Crippen LogP contribution in [-0.4, -0.2) is 27.4 Å². The summed E-state index contributed by atoms with van der Waals surface area (Å²) in [6.07, 6.45) is -0.892. The average molecular weight is 526 g/mol. The van der Waals surface area contributed by atoms with Crippen molar-refractivity contribution >= 4 is 33.0 Å². The largest absolute Gasteiger partial charge is 0.372 e. The van der Waals surface area contributed by atoms with Gasteiger partial charge in [0.05, 0.1) is 16.3 Å². The molecular weight excluding hydrogens is 494 g/mol. The molecule has 0 spiro atoms. The molecule has 4 aromatic rings. The minimum Gasteiger partial charge on any atom is -0.372 e. The minimum absolute atomic E-state index is 0.177. The maximum atomic E-state index is 14.2. The highest BCUT2D eigenvalue weighted by Gasteiger charge is 2.46. The fourth-order valence-electron chi connectivity index (χ4n) is 4.98. The van der Waals surface area contributed by atoms with Crippen LogP contribution in [0.2, 0.25) is 0 Å². The predicted molar refractivity (Wildman–Crippen MR) is 153 cm³/mol. The van der Waals surface area contributed by atoms with Crippen molar-refractivity contribution in [3.8, 4) is 0 Å². The van der Waals surface area contributed by atoms with Crippen LogP contribution in [0.4, 0.5) is 17.1 Å². The van der Waals surface area contributed by atoms with E-state index in [0.717, 1.165) is 24.3 Å². The smallest absolute Gasteiger partial charge is 0.266 e. The zero-order valence-corrected chi connectivity index (χ0v) is 22.6. The molecular formula is C31H31N3O3S. The number of fused-ring (bicyclic) bond motifs is 1. The van der Waals surface area contributed by atoms with E-state index in [9.17, 15) is 13.2 Å². The quantitative estimate of drug-likeness (QED) is 0.280. The summed E-state index contributed by atoms with van der Waals surface area (Å²) in [5.74, 6) is -0.266. The van der Waals surface area contributed by atoms with Crippen molar-refractivity contribution in [3.05, 3.63) is 120 Å². The molecule has 38 heavy (non-hydrogen) atoms. The Kier molecular flexibility index (Phi) is 6.95. The number of hydrogen-bond donors (Lipinski definition) is 0. The van der Waals surface area contributed by atoms with Gasteiger partial charge in [0.1, 0.15) is 0 Å². The van der Waals surface area contributed by atoms with Crippen molar-refractivity contribution in [1.82, 2.24) is 0 Å². The van der Waals surface area contributed by atoms with Gasteiger partial charge in [-0.25, -0.2) is 12.7 Å². The van der Waals surface area contributed by atoms with Crippen LogP contribution in [0.5, 0.6) is 0 Å². The first-order valence-corrected chi connectivity index (χ1v) is 14.2. The van der Waals surface area contributed by atoms with Gasteiger partial charge in [0, 0.05) is 24.3 Å². The van der Waals surface area contributed by atoms with E-state index in [1.165, 1.54) is 4.31 Å². The second-order valence-corrected chi connectivity index (χ2v) is 11.1. The number of anilines is 3. The lowest BCUT2D eigenvalue weighted by Gasteiger charge is -2.32. The van der Waals surface area contributed by atoms with Crippen LogP contribution >= 0.6 is 0 Å². The first-order chi connectivity index (χ1) is 18.4. The molecule has 194 valence electrons. The molecule has 0 N–H and O–H groups in total. The third-order valence-corrected chi connectivity index (χ3v) is 8.76. The zero-order valence-electron chi connectivity index (χ0n) is 21.8. The van der Waals surface area contributed by atoms with Crippen molar-refractivity contribution < 1.29 is 13.2 Å². The Morgan fingerprint density at radius 3 is 1.95 bits per heavy atom. The van der Waals surface area contributed by atoms with E-state index < -0.39 is 16.2 Å². The van der Waals surface area contributed by atoms with E-state index in [1.54, 1.807) is 59.5 Å². The van der Waals surface area contributed by atoms with Crippen LogP contribution in [0.25, 0.3) is 0 Å². The van der Waals surface area contributed by atoms with E-state index in [2.05, 4.69) is 18.7 Å². The fraction of sp³-hybridized carbons (Fsp3) is 0.194. The normalized spacial score (nSPS) is 14.9. The highest BCUT2D eigenvalue weighted by molar-refractivity contribution is 7.92. The lowest BCUT2D eigenvalue weighted by atomic mass is 10.1. The number of hydrogen-bond acceptors (Lipinski definition) is 4. The molecule has 5 rings (SSSR count). The number of carbonyl (C=O) groups is 1. The van der Waals surface area contributed by atoms with Gasteiger partial charge in [0.2, 0.25) is 0 Å². The molecule has 0 radical (unpaired) electrons. The van der Waals surface area contributed by atoms with E-state index in [-0.39, 0.29) is 10.8 Å². The molecule has 6 nitrogen and oxygen atoms in total. The SMILES string of the molecule is CCN(CC)c1ccc(C2N(C(=O)c3ccccc3)c3ccccc3N2S(=O)(=O)c2ccc(C)cc2)cc1. The number of aryl methyl sites for hydroxylation is 1. The molecule has 0 bridgehead atoms. The van der Waals surface area contributed by atoms with Gasteiger partial charge >= 0.3 is 0 Å². The molecule has 0 fully saturated rings. The van der Waals surface area contributed by atoms with Crippen LogP contribution in [0.15, 0.2) is 108 Å². The third-order valence-electron chi connectivity index (χ3n) is 6.98. The van der Waals surface area contributed by atoms with Gasteiger partial charge in [-0.15, -0.1) is 0 Å². The third kappa shape index (κ3) is 4.43. The van der Waals surface area contributed by atoms with Crippen LogP contribution in [0.3, 0.4) is 0 Å². The Morgan fingerprint density at radius 1 is 0.763 bits per heavy atom. The van der Waals surface area contributed by atoms with Crippen molar-refractivity contribution in [1.29, 1.82) is 0 Å². The minimum atomic E-state index is -4.02. The average Bonchev–Trinajstić information content (AvgIpc) is 3.30. The number of benzene rings is 4. The summed E-state index contributed by atoms with van der Waals surface area (Å²) in [5.41, 5.74) is 4.22. The second-order valence-electron chi connectivity index (χ2n) is 9.28. The molecule has 0 saturated heterocycles. The number of para-hydroxylation sites is 2. The lowest BCUT2D eigenvalue weighted by molar-refractivity contribution is 0.0980. The molecule has 1 aliphatic heterocycles. The predicted octanol–water partition coefficient (Wildman–Crippen LogP) is 6.40. The fourth-order valence-corrected chi connectivity index (χ4v) is 6.58. The van der Waals surface area contributed by atoms with Gasteiger partial charge in [-0.1, -0.05) is 60.2 Å². The summed E-state index contributed by atoms with van der Waals surface area (Å²) in [6.45, 7) is 7.83. The van der Waals surface area contributed by atoms with E-state index in [0.29, 0.717) is 22.5 Å². The van der Waals surface area contributed by atoms with E-state index in [1.807, 2.05) is 55.5 Å². The molecule has 1 atom stereocenters. The molecule has 1 heterocycles. The maximum absolute atomic E-state index is 14.2. The summed E-state index contributed by atoms with van der Waals surface area (Å²) >= 11 is 0. The van der Waals surface area contributed by atoms with E-state index in [4.69, 9.17) is 0 Å². The van der Waals surface area contributed by atoms with Crippen LogP contribution in [0.1, 0.15) is 41.5 Å². The highest BCUT2D eigenvalue weighted by atomic mass is 32.2. The van der Waals surface area contributed by atoms with Crippen LogP contribution < -0.4 is 14.1 Å². The first kappa shape index (κ1) is 25.5. The molecule has 7 heteroatoms. The zero-order chi connectivity index (χ0) is 26.9. The van der Waals surface area contributed by atoms with Gasteiger partial charge < -0.3 is 4.90 Å². The topological polar surface area (TPSA) is 60.9 Å². The maximum Gasteiger partial charge on any atom is 0.266 e. The first-order valence-electron chi connectivity index (χ1n) is 12.8. The van der Waals surface area contributed by atoms with Crippen molar-refractivity contribution in [2.24, 2.45) is 0 Å². The molecule has 1 amide bonds. The van der Waals surface area contributed by atoms with Gasteiger partial charge in [-0.2, -0.15) is 0 Å². The molecule has 1 aliphatic rings. The number of sulfonamides is 1. The number of carbonyl (C=O) groups excluding carboxylic acids is 1. The van der Waals surface area contributed by atoms with Gasteiger partial charge in [0.25, 0.3) is 15.9 Å². The summed E-state index contributed by atoms with van der Waals surface area (Å²) < 4.78 is 29.9. The van der Waals surface area contributed by atoms with Gasteiger partial charge in [-0.05, 0) is 74.9 Å². The molecule has 1 unspecified atom stereocenters. The van der Waals surface area contributed by atoms with E-state index >= 15 is 0 Å². The summed E-state index contributed by atoms with van der Waals surface area (Å²) in [4.78, 5) is 18.0. The Morgan fingerprint density at radius 2 is 1.34 bits per heavy atom. The van der Waals surface area contributed by atoms with Crippen LogP contribution in [0, 0.1) is 6.92 Å². The van der Waals surface area contributed by atoms with Crippen molar-refractivity contribution in [3.63, 3.8) is 0 Å². The molecule has 0 aliphatic carbocycles. The molecule has 0 saturated carbocycles. The summed E-state index contributed by atoms with van der Waals surface area (Å²) in [7, 11) is -4.02. The summed E-state index contributed by atoms with van der Waals surface area (Å²) in [5, 5.41) is 0. The summed E-state index contributed by atoms with van der Waals surface area (Å²) in [6, 6.07) is 30.8. The Bertz CT molecular complexity index is 1530.